The Morgan fingerprint density at radius 2 is 2.40 bits per heavy atom. The minimum atomic E-state index is -0.206. The van der Waals surface area contributed by atoms with Crippen LogP contribution in [0.2, 0.25) is 0 Å². The van der Waals surface area contributed by atoms with Gasteiger partial charge in [-0.05, 0) is 31.6 Å². The molecule has 3 N–H and O–H groups in total. The molecule has 1 aliphatic rings. The van der Waals surface area contributed by atoms with Crippen molar-refractivity contribution in [2.45, 2.75) is 51.6 Å². The summed E-state index contributed by atoms with van der Waals surface area (Å²) in [6.45, 7) is 2.74. The molecular formula is C14H23N3O2S. The van der Waals surface area contributed by atoms with E-state index in [-0.39, 0.29) is 12.1 Å². The molecule has 2 amide bonds. The number of nitrogens with one attached hydrogen (secondary N) is 2. The minimum absolute atomic E-state index is 0.200. The molecule has 0 bridgehead atoms. The summed E-state index contributed by atoms with van der Waals surface area (Å²) in [5.74, 6) is 0.386. The average molecular weight is 297 g/mol. The van der Waals surface area contributed by atoms with Gasteiger partial charge in [0.1, 0.15) is 0 Å². The first-order chi connectivity index (χ1) is 9.67. The Kier molecular flexibility index (Phi) is 5.79. The predicted octanol–water partition coefficient (Wildman–Crippen LogP) is 2.77. The number of amides is 2. The highest BCUT2D eigenvalue weighted by Gasteiger charge is 2.20. The number of aliphatic hydroxyl groups is 1. The summed E-state index contributed by atoms with van der Waals surface area (Å²) in [6.07, 6.45) is 7.51. The molecule has 0 radical (unpaired) electrons. The summed E-state index contributed by atoms with van der Waals surface area (Å²) in [4.78, 5) is 17.2. The average Bonchev–Trinajstić information content (AvgIpc) is 2.84. The highest BCUT2D eigenvalue weighted by Crippen LogP contribution is 2.23. The molecule has 2 atom stereocenters. The minimum Gasteiger partial charge on any atom is -0.393 e. The fraction of sp³-hybridized carbons (Fsp3) is 0.714. The summed E-state index contributed by atoms with van der Waals surface area (Å²) >= 11 is 1.52. The van der Waals surface area contributed by atoms with Crippen LogP contribution in [-0.2, 0) is 6.42 Å². The summed E-state index contributed by atoms with van der Waals surface area (Å²) in [5, 5.41) is 15.9. The van der Waals surface area contributed by atoms with Crippen LogP contribution in [-0.4, -0.2) is 28.8 Å². The lowest BCUT2D eigenvalue weighted by Gasteiger charge is -2.25. The maximum Gasteiger partial charge on any atom is 0.321 e. The highest BCUT2D eigenvalue weighted by atomic mass is 32.1. The number of carbonyl (C=O) groups is 1. The number of hydrogen-bond acceptors (Lipinski definition) is 4. The molecule has 2 rings (SSSR count). The first-order valence-corrected chi connectivity index (χ1v) is 8.16. The standard InChI is InChI=1S/C14H23N3O2S/c1-2-4-12-9-16-14(20-12)17-13(19)15-8-10-5-3-6-11(18)7-10/h9-11,18H,2-8H2,1H3,(H2,15,16,17,19). The lowest BCUT2D eigenvalue weighted by atomic mass is 9.87. The van der Waals surface area contributed by atoms with Crippen molar-refractivity contribution in [2.24, 2.45) is 5.92 Å². The maximum atomic E-state index is 11.8. The Morgan fingerprint density at radius 1 is 1.55 bits per heavy atom. The summed E-state index contributed by atoms with van der Waals surface area (Å²) in [7, 11) is 0. The number of carbonyl (C=O) groups excluding carboxylic acids is 1. The number of aromatic nitrogens is 1. The zero-order valence-electron chi connectivity index (χ0n) is 11.9. The molecule has 0 saturated heterocycles. The molecule has 1 heterocycles. The third-order valence-corrected chi connectivity index (χ3v) is 4.55. The van der Waals surface area contributed by atoms with Crippen molar-refractivity contribution < 1.29 is 9.90 Å². The molecule has 20 heavy (non-hydrogen) atoms. The normalized spacial score (nSPS) is 22.5. The van der Waals surface area contributed by atoms with E-state index in [1.807, 2.05) is 6.20 Å². The predicted molar refractivity (Wildman–Crippen MR) is 81.1 cm³/mol. The van der Waals surface area contributed by atoms with E-state index in [4.69, 9.17) is 0 Å². The molecule has 1 aliphatic carbocycles. The van der Waals surface area contributed by atoms with Crippen molar-refractivity contribution in [3.05, 3.63) is 11.1 Å². The van der Waals surface area contributed by atoms with Gasteiger partial charge in [-0.3, -0.25) is 5.32 Å². The van der Waals surface area contributed by atoms with Crippen molar-refractivity contribution in [1.82, 2.24) is 10.3 Å². The topological polar surface area (TPSA) is 74.2 Å². The largest absolute Gasteiger partial charge is 0.393 e. The maximum absolute atomic E-state index is 11.8. The Balaban J connectivity index is 1.71. The van der Waals surface area contributed by atoms with E-state index in [0.29, 0.717) is 17.6 Å². The zero-order valence-corrected chi connectivity index (χ0v) is 12.7. The summed E-state index contributed by atoms with van der Waals surface area (Å²) in [6, 6.07) is -0.206. The lowest BCUT2D eigenvalue weighted by molar-refractivity contribution is 0.101. The van der Waals surface area contributed by atoms with E-state index in [1.165, 1.54) is 16.2 Å². The van der Waals surface area contributed by atoms with Crippen LogP contribution in [0, 0.1) is 5.92 Å². The van der Waals surface area contributed by atoms with Gasteiger partial charge in [0, 0.05) is 17.6 Å². The van der Waals surface area contributed by atoms with Gasteiger partial charge in [0.25, 0.3) is 0 Å². The third kappa shape index (κ3) is 4.76. The molecule has 6 heteroatoms. The van der Waals surface area contributed by atoms with E-state index in [9.17, 15) is 9.90 Å². The molecule has 0 spiro atoms. The molecule has 5 nitrogen and oxygen atoms in total. The van der Waals surface area contributed by atoms with Crippen LogP contribution in [0.3, 0.4) is 0 Å². The molecule has 1 saturated carbocycles. The second-order valence-corrected chi connectivity index (χ2v) is 6.52. The number of nitrogens with zero attached hydrogens (tertiary/aromatic N) is 1. The second-order valence-electron chi connectivity index (χ2n) is 5.40. The molecule has 1 fully saturated rings. The van der Waals surface area contributed by atoms with Gasteiger partial charge in [0.2, 0.25) is 0 Å². The third-order valence-electron chi connectivity index (χ3n) is 3.58. The molecule has 2 unspecified atom stereocenters. The van der Waals surface area contributed by atoms with E-state index in [0.717, 1.165) is 38.5 Å². The van der Waals surface area contributed by atoms with E-state index in [2.05, 4.69) is 22.5 Å². The number of rotatable bonds is 5. The van der Waals surface area contributed by atoms with Gasteiger partial charge in [0.05, 0.1) is 6.10 Å². The van der Waals surface area contributed by atoms with Crippen LogP contribution >= 0.6 is 11.3 Å². The fourth-order valence-corrected chi connectivity index (χ4v) is 3.46. The van der Waals surface area contributed by atoms with Crippen LogP contribution in [0.15, 0.2) is 6.20 Å². The van der Waals surface area contributed by atoms with Crippen molar-refractivity contribution in [1.29, 1.82) is 0 Å². The Labute approximate surface area is 123 Å². The van der Waals surface area contributed by atoms with Crippen LogP contribution < -0.4 is 10.6 Å². The van der Waals surface area contributed by atoms with Crippen LogP contribution in [0.4, 0.5) is 9.93 Å². The zero-order chi connectivity index (χ0) is 14.4. The highest BCUT2D eigenvalue weighted by molar-refractivity contribution is 7.15. The van der Waals surface area contributed by atoms with Gasteiger partial charge in [-0.1, -0.05) is 19.8 Å². The SMILES string of the molecule is CCCc1cnc(NC(=O)NCC2CCCC(O)C2)s1. The van der Waals surface area contributed by atoms with Crippen LogP contribution in [0.5, 0.6) is 0 Å². The van der Waals surface area contributed by atoms with E-state index < -0.39 is 0 Å². The number of anilines is 1. The smallest absolute Gasteiger partial charge is 0.321 e. The van der Waals surface area contributed by atoms with Crippen LogP contribution in [0.25, 0.3) is 0 Å². The van der Waals surface area contributed by atoms with Gasteiger partial charge in [-0.2, -0.15) is 0 Å². The number of aliphatic hydroxyl groups excluding tert-OH is 1. The monoisotopic (exact) mass is 297 g/mol. The molecule has 1 aromatic heterocycles. The van der Waals surface area contributed by atoms with Gasteiger partial charge in [-0.25, -0.2) is 9.78 Å². The summed E-state index contributed by atoms with van der Waals surface area (Å²) in [5.41, 5.74) is 0. The Bertz CT molecular complexity index is 436. The Morgan fingerprint density at radius 3 is 3.15 bits per heavy atom. The van der Waals surface area contributed by atoms with Gasteiger partial charge >= 0.3 is 6.03 Å². The van der Waals surface area contributed by atoms with E-state index in [1.54, 1.807) is 0 Å². The Hall–Kier alpha value is -1.14. The number of thiazole rings is 1. The number of aryl methyl sites for hydroxylation is 1. The molecule has 112 valence electrons. The summed E-state index contributed by atoms with van der Waals surface area (Å²) < 4.78 is 0. The second kappa shape index (κ2) is 7.59. The van der Waals surface area contributed by atoms with Gasteiger partial charge < -0.3 is 10.4 Å². The lowest BCUT2D eigenvalue weighted by Crippen LogP contribution is -2.35. The molecule has 1 aromatic rings. The quantitative estimate of drug-likeness (QED) is 0.782. The molecule has 0 aliphatic heterocycles. The number of hydrogen-bond donors (Lipinski definition) is 3. The molecule has 0 aromatic carbocycles. The van der Waals surface area contributed by atoms with Crippen LogP contribution in [0.1, 0.15) is 43.9 Å². The molecular weight excluding hydrogens is 274 g/mol. The van der Waals surface area contributed by atoms with Gasteiger partial charge in [0.15, 0.2) is 5.13 Å². The first kappa shape index (κ1) is 15.3. The van der Waals surface area contributed by atoms with Gasteiger partial charge in [-0.15, -0.1) is 11.3 Å². The van der Waals surface area contributed by atoms with E-state index >= 15 is 0 Å². The van der Waals surface area contributed by atoms with Crippen molar-refractivity contribution in [2.75, 3.05) is 11.9 Å². The van der Waals surface area contributed by atoms with Crippen molar-refractivity contribution >= 4 is 22.5 Å². The van der Waals surface area contributed by atoms with Crippen molar-refractivity contribution in [3.8, 4) is 0 Å². The van der Waals surface area contributed by atoms with Crippen molar-refractivity contribution in [3.63, 3.8) is 0 Å². The fourth-order valence-electron chi connectivity index (χ4n) is 2.55. The number of urea groups is 1. The first-order valence-electron chi connectivity index (χ1n) is 7.35.